The summed E-state index contributed by atoms with van der Waals surface area (Å²) in [5.41, 5.74) is 8.00. The molecule has 1 atom stereocenters. The van der Waals surface area contributed by atoms with Crippen molar-refractivity contribution in [3.05, 3.63) is 66.0 Å². The van der Waals surface area contributed by atoms with Gasteiger partial charge in [-0.2, -0.15) is 0 Å². The van der Waals surface area contributed by atoms with Gasteiger partial charge in [0.1, 0.15) is 5.82 Å². The van der Waals surface area contributed by atoms with Crippen LogP contribution in [-0.4, -0.2) is 33.3 Å². The molecule has 1 amide bonds. The summed E-state index contributed by atoms with van der Waals surface area (Å²) < 4.78 is 7.42. The van der Waals surface area contributed by atoms with Crippen LogP contribution in [0.2, 0.25) is 0 Å². The quantitative estimate of drug-likeness (QED) is 0.653. The van der Waals surface area contributed by atoms with Gasteiger partial charge >= 0.3 is 0 Å². The number of imidazole rings is 1. The second-order valence-corrected chi connectivity index (χ2v) is 5.92. The molecule has 6 heteroatoms. The summed E-state index contributed by atoms with van der Waals surface area (Å²) in [4.78, 5) is 15.7. The average molecular weight is 339 g/mol. The van der Waals surface area contributed by atoms with Crippen molar-refractivity contribution in [3.8, 4) is 0 Å². The third kappa shape index (κ3) is 4.43. The number of nitrogens with two attached hydrogens (primary N) is 1. The van der Waals surface area contributed by atoms with Gasteiger partial charge in [0.15, 0.2) is 0 Å². The molecule has 0 saturated heterocycles. The number of fused-ring (bicyclic) bond motifs is 1. The van der Waals surface area contributed by atoms with Gasteiger partial charge in [-0.15, -0.1) is 0 Å². The molecule has 0 spiro atoms. The lowest BCUT2D eigenvalue weighted by Gasteiger charge is -2.15. The zero-order valence-corrected chi connectivity index (χ0v) is 13.8. The lowest BCUT2D eigenvalue weighted by Crippen LogP contribution is -2.25. The monoisotopic (exact) mass is 339 g/mol. The molecule has 0 saturated carbocycles. The number of aromatic nitrogens is 2. The number of primary amides is 1. The van der Waals surface area contributed by atoms with Crippen molar-refractivity contribution in [2.24, 2.45) is 5.73 Å². The maximum atomic E-state index is 11.3. The van der Waals surface area contributed by atoms with Crippen LogP contribution in [0.15, 0.2) is 54.6 Å². The van der Waals surface area contributed by atoms with Crippen molar-refractivity contribution >= 4 is 16.9 Å². The van der Waals surface area contributed by atoms with Gasteiger partial charge in [0, 0.05) is 0 Å². The predicted octanol–water partition coefficient (Wildman–Crippen LogP) is 1.64. The predicted molar refractivity (Wildman–Crippen MR) is 94.7 cm³/mol. The molecule has 0 fully saturated rings. The molecule has 0 unspecified atom stereocenters. The maximum absolute atomic E-state index is 11.3. The van der Waals surface area contributed by atoms with Crippen molar-refractivity contribution in [2.75, 3.05) is 6.61 Å². The van der Waals surface area contributed by atoms with Gasteiger partial charge in [-0.3, -0.25) is 4.79 Å². The standard InChI is InChI=1S/C19H21N3O3/c20-18(24)10-19-21-16-8-4-5-9-17(16)22(19)11-15(23)13-25-12-14-6-2-1-3-7-14/h1-9,15,23H,10-13H2,(H2,20,24)/t15-/m1/s1. The summed E-state index contributed by atoms with van der Waals surface area (Å²) in [6, 6.07) is 17.3. The molecule has 1 aromatic heterocycles. The zero-order valence-electron chi connectivity index (χ0n) is 13.8. The lowest BCUT2D eigenvalue weighted by molar-refractivity contribution is -0.117. The Balaban J connectivity index is 1.67. The fourth-order valence-corrected chi connectivity index (χ4v) is 2.77. The minimum Gasteiger partial charge on any atom is -0.389 e. The normalized spacial score (nSPS) is 12.4. The van der Waals surface area contributed by atoms with Gasteiger partial charge < -0.3 is 20.1 Å². The third-order valence-corrected chi connectivity index (χ3v) is 3.88. The minimum absolute atomic E-state index is 0.0340. The van der Waals surface area contributed by atoms with Crippen molar-refractivity contribution < 1.29 is 14.6 Å². The van der Waals surface area contributed by atoms with Crippen LogP contribution in [0, 0.1) is 0 Å². The summed E-state index contributed by atoms with van der Waals surface area (Å²) in [5, 5.41) is 10.3. The first kappa shape index (κ1) is 17.1. The molecular formula is C19H21N3O3. The van der Waals surface area contributed by atoms with Gasteiger partial charge in [0.2, 0.25) is 5.91 Å². The molecule has 0 aliphatic carbocycles. The van der Waals surface area contributed by atoms with E-state index in [1.165, 1.54) is 0 Å². The largest absolute Gasteiger partial charge is 0.389 e. The van der Waals surface area contributed by atoms with E-state index in [1.807, 2.05) is 59.2 Å². The fraction of sp³-hybridized carbons (Fsp3) is 0.263. The number of benzene rings is 2. The number of ether oxygens (including phenoxy) is 1. The molecule has 3 N–H and O–H groups in total. The van der Waals surface area contributed by atoms with Crippen LogP contribution >= 0.6 is 0 Å². The van der Waals surface area contributed by atoms with E-state index in [9.17, 15) is 9.90 Å². The van der Waals surface area contributed by atoms with Crippen molar-refractivity contribution in [3.63, 3.8) is 0 Å². The minimum atomic E-state index is -0.715. The van der Waals surface area contributed by atoms with E-state index in [-0.39, 0.29) is 19.6 Å². The Kier molecular flexibility index (Phi) is 5.42. The maximum Gasteiger partial charge on any atom is 0.225 e. The topological polar surface area (TPSA) is 90.4 Å². The summed E-state index contributed by atoms with van der Waals surface area (Å²) in [7, 11) is 0. The number of aliphatic hydroxyl groups excluding tert-OH is 1. The molecule has 3 rings (SSSR count). The van der Waals surface area contributed by atoms with E-state index in [2.05, 4.69) is 4.98 Å². The SMILES string of the molecule is NC(=O)Cc1nc2ccccc2n1C[C@@H](O)COCc1ccccc1. The summed E-state index contributed by atoms with van der Waals surface area (Å²) >= 11 is 0. The van der Waals surface area contributed by atoms with Crippen LogP contribution in [-0.2, 0) is 29.1 Å². The average Bonchev–Trinajstić information content (AvgIpc) is 2.92. The summed E-state index contributed by atoms with van der Waals surface area (Å²) in [6.07, 6.45) is -0.681. The Hall–Kier alpha value is -2.70. The van der Waals surface area contributed by atoms with Gasteiger partial charge in [-0.05, 0) is 17.7 Å². The molecule has 0 aliphatic heterocycles. The molecule has 130 valence electrons. The van der Waals surface area contributed by atoms with E-state index in [4.69, 9.17) is 10.5 Å². The second kappa shape index (κ2) is 7.92. The molecule has 0 aliphatic rings. The molecule has 25 heavy (non-hydrogen) atoms. The van der Waals surface area contributed by atoms with Crippen LogP contribution in [0.4, 0.5) is 0 Å². The van der Waals surface area contributed by atoms with Crippen LogP contribution in [0.25, 0.3) is 11.0 Å². The summed E-state index contributed by atoms with van der Waals surface area (Å²) in [5.74, 6) is 0.0992. The fourth-order valence-electron chi connectivity index (χ4n) is 2.77. The van der Waals surface area contributed by atoms with Gasteiger partial charge in [-0.25, -0.2) is 4.98 Å². The first-order valence-electron chi connectivity index (χ1n) is 8.15. The van der Waals surface area contributed by atoms with Gasteiger partial charge in [0.25, 0.3) is 0 Å². The zero-order chi connectivity index (χ0) is 17.6. The number of carbonyl (C=O) groups excluding carboxylic acids is 1. The highest BCUT2D eigenvalue weighted by Crippen LogP contribution is 2.17. The Morgan fingerprint density at radius 2 is 1.88 bits per heavy atom. The molecule has 2 aromatic carbocycles. The molecule has 0 radical (unpaired) electrons. The van der Waals surface area contributed by atoms with E-state index < -0.39 is 12.0 Å². The number of nitrogens with zero attached hydrogens (tertiary/aromatic N) is 2. The number of carbonyl (C=O) groups is 1. The van der Waals surface area contributed by atoms with E-state index in [0.717, 1.165) is 16.6 Å². The van der Waals surface area contributed by atoms with Crippen LogP contribution < -0.4 is 5.73 Å². The van der Waals surface area contributed by atoms with E-state index in [0.29, 0.717) is 12.4 Å². The molecule has 6 nitrogen and oxygen atoms in total. The lowest BCUT2D eigenvalue weighted by atomic mass is 10.2. The van der Waals surface area contributed by atoms with Crippen molar-refractivity contribution in [2.45, 2.75) is 25.7 Å². The number of hydrogen-bond acceptors (Lipinski definition) is 4. The molecule has 0 bridgehead atoms. The molecule has 3 aromatic rings. The van der Waals surface area contributed by atoms with Crippen LogP contribution in [0.5, 0.6) is 0 Å². The highest BCUT2D eigenvalue weighted by molar-refractivity contribution is 5.80. The number of rotatable bonds is 8. The van der Waals surface area contributed by atoms with Gasteiger partial charge in [-0.1, -0.05) is 42.5 Å². The Labute approximate surface area is 145 Å². The van der Waals surface area contributed by atoms with Crippen molar-refractivity contribution in [1.82, 2.24) is 9.55 Å². The Bertz CT molecular complexity index is 846. The molecular weight excluding hydrogens is 318 g/mol. The van der Waals surface area contributed by atoms with Crippen LogP contribution in [0.1, 0.15) is 11.4 Å². The highest BCUT2D eigenvalue weighted by atomic mass is 16.5. The number of hydrogen-bond donors (Lipinski definition) is 2. The third-order valence-electron chi connectivity index (χ3n) is 3.88. The number of amides is 1. The Morgan fingerprint density at radius 3 is 2.64 bits per heavy atom. The van der Waals surface area contributed by atoms with E-state index >= 15 is 0 Å². The highest BCUT2D eigenvalue weighted by Gasteiger charge is 2.15. The molecule has 1 heterocycles. The first-order chi connectivity index (χ1) is 12.1. The van der Waals surface area contributed by atoms with Gasteiger partial charge in [0.05, 0.1) is 43.3 Å². The first-order valence-corrected chi connectivity index (χ1v) is 8.15. The Morgan fingerprint density at radius 1 is 1.16 bits per heavy atom. The second-order valence-electron chi connectivity index (χ2n) is 5.92. The summed E-state index contributed by atoms with van der Waals surface area (Å²) in [6.45, 7) is 0.923. The van der Waals surface area contributed by atoms with E-state index in [1.54, 1.807) is 0 Å². The van der Waals surface area contributed by atoms with Crippen LogP contribution in [0.3, 0.4) is 0 Å². The van der Waals surface area contributed by atoms with Crippen molar-refractivity contribution in [1.29, 1.82) is 0 Å². The number of para-hydroxylation sites is 2. The smallest absolute Gasteiger partial charge is 0.225 e. The number of aliphatic hydroxyl groups is 1.